The Labute approximate surface area is 101 Å². The summed E-state index contributed by atoms with van der Waals surface area (Å²) in [6.45, 7) is 4.08. The third kappa shape index (κ3) is 2.64. The van der Waals surface area contributed by atoms with Crippen molar-refractivity contribution in [3.63, 3.8) is 0 Å². The minimum atomic E-state index is 0. The maximum atomic E-state index is 5.21. The first kappa shape index (κ1) is 12.3. The van der Waals surface area contributed by atoms with E-state index in [0.29, 0.717) is 0 Å². The second-order valence-corrected chi connectivity index (χ2v) is 3.49. The number of aryl methyl sites for hydroxylation is 2. The van der Waals surface area contributed by atoms with Crippen LogP contribution in [0.2, 0.25) is 0 Å². The molecule has 0 spiro atoms. The van der Waals surface area contributed by atoms with E-state index in [2.05, 4.69) is 15.9 Å². The fourth-order valence-electron chi connectivity index (χ4n) is 1.22. The van der Waals surface area contributed by atoms with E-state index < -0.39 is 0 Å². The Kier molecular flexibility index (Phi) is 5.21. The molecule has 0 bridgehead atoms. The van der Waals surface area contributed by atoms with Crippen LogP contribution in [0.5, 0.6) is 5.75 Å². The van der Waals surface area contributed by atoms with Crippen molar-refractivity contribution in [2.75, 3.05) is 7.11 Å². The van der Waals surface area contributed by atoms with Gasteiger partial charge in [-0.05, 0) is 37.1 Å². The Morgan fingerprint density at radius 1 is 1.25 bits per heavy atom. The first-order chi connectivity index (χ1) is 5.15. The number of ether oxygens (including phenoxy) is 1. The molecule has 3 heteroatoms. The summed E-state index contributed by atoms with van der Waals surface area (Å²) in [5.74, 6) is 0.980. The molecule has 1 nitrogen and oxygen atoms in total. The smallest absolute Gasteiger partial charge is 1.00 e. The zero-order valence-electron chi connectivity index (χ0n) is 9.65. The van der Waals surface area contributed by atoms with E-state index in [1.165, 1.54) is 11.1 Å². The third-order valence-corrected chi connectivity index (χ3v) is 2.09. The van der Waals surface area contributed by atoms with Crippen LogP contribution in [-0.2, 0) is 0 Å². The molecule has 1 aromatic carbocycles. The van der Waals surface area contributed by atoms with Crippen LogP contribution < -0.4 is 4.74 Å². The predicted molar refractivity (Wildman–Crippen MR) is 58.1 cm³/mol. The molecule has 0 N–H and O–H groups in total. The minimum Gasteiger partial charge on any atom is -1.00 e. The van der Waals surface area contributed by atoms with E-state index in [1.807, 2.05) is 26.0 Å². The Morgan fingerprint density at radius 2 is 1.67 bits per heavy atom. The van der Waals surface area contributed by atoms with Crippen LogP contribution in [0.3, 0.4) is 0 Å². The molecule has 0 fully saturated rings. The van der Waals surface area contributed by atoms with Crippen LogP contribution >= 0.6 is 15.9 Å². The van der Waals surface area contributed by atoms with Crippen LogP contribution in [0, 0.1) is 13.8 Å². The van der Waals surface area contributed by atoms with Gasteiger partial charge < -0.3 is 7.59 Å². The monoisotopic (exact) mass is 240 g/mol. The number of hydrogen-bond donors (Lipinski definition) is 0. The summed E-state index contributed by atoms with van der Waals surface area (Å²) in [6.07, 6.45) is 0. The first-order valence-electron chi connectivity index (χ1n) is 3.46. The standard InChI is InChI=1S/C9H11BrO.Mg.2H/c1-6-4-8(10)5-7(2)9(6)11-3;;;/h4-5H,1-3H3;;;/q;+2;2*-1. The summed E-state index contributed by atoms with van der Waals surface area (Å²) < 4.78 is 6.31. The van der Waals surface area contributed by atoms with Gasteiger partial charge in [0.2, 0.25) is 0 Å². The molecule has 1 aromatic rings. The molecule has 0 saturated carbocycles. The summed E-state index contributed by atoms with van der Waals surface area (Å²) in [6, 6.07) is 4.09. The van der Waals surface area contributed by atoms with E-state index in [9.17, 15) is 0 Å². The largest absolute Gasteiger partial charge is 2.00 e. The van der Waals surface area contributed by atoms with Crippen molar-refractivity contribution in [2.45, 2.75) is 13.8 Å². The Bertz CT molecular complexity index is 259. The average Bonchev–Trinajstić information content (AvgIpc) is 1.85. The molecule has 0 aliphatic rings. The van der Waals surface area contributed by atoms with E-state index in [1.54, 1.807) is 7.11 Å². The van der Waals surface area contributed by atoms with Crippen molar-refractivity contribution in [1.82, 2.24) is 0 Å². The van der Waals surface area contributed by atoms with Gasteiger partial charge in [0, 0.05) is 4.47 Å². The van der Waals surface area contributed by atoms with Crippen LogP contribution in [0.1, 0.15) is 14.0 Å². The number of rotatable bonds is 1. The van der Waals surface area contributed by atoms with Crippen molar-refractivity contribution in [2.24, 2.45) is 0 Å². The molecule has 0 aliphatic carbocycles. The molecule has 0 aromatic heterocycles. The first-order valence-corrected chi connectivity index (χ1v) is 4.25. The maximum absolute atomic E-state index is 5.21. The molecule has 1 rings (SSSR count). The van der Waals surface area contributed by atoms with Gasteiger partial charge in [0.05, 0.1) is 7.11 Å². The summed E-state index contributed by atoms with van der Waals surface area (Å²) in [5.41, 5.74) is 2.33. The normalized spacial score (nSPS) is 9.00. The Hall–Kier alpha value is 0.266. The summed E-state index contributed by atoms with van der Waals surface area (Å²) in [5, 5.41) is 0. The van der Waals surface area contributed by atoms with Gasteiger partial charge in [0.1, 0.15) is 5.75 Å². The van der Waals surface area contributed by atoms with Crippen molar-refractivity contribution in [3.8, 4) is 5.75 Å². The van der Waals surface area contributed by atoms with E-state index >= 15 is 0 Å². The quantitative estimate of drug-likeness (QED) is 0.687. The summed E-state index contributed by atoms with van der Waals surface area (Å²) in [7, 11) is 1.70. The van der Waals surface area contributed by atoms with Gasteiger partial charge in [-0.3, -0.25) is 0 Å². The minimum absolute atomic E-state index is 0. The number of halogens is 1. The molecular weight excluding hydrogens is 228 g/mol. The molecule has 0 heterocycles. The molecule has 0 atom stereocenters. The molecule has 0 aliphatic heterocycles. The fourth-order valence-corrected chi connectivity index (χ4v) is 1.91. The van der Waals surface area contributed by atoms with Gasteiger partial charge in [-0.2, -0.15) is 0 Å². The second-order valence-electron chi connectivity index (χ2n) is 2.57. The third-order valence-electron chi connectivity index (χ3n) is 1.63. The molecule has 64 valence electrons. The van der Waals surface area contributed by atoms with Crippen molar-refractivity contribution in [3.05, 3.63) is 27.7 Å². The van der Waals surface area contributed by atoms with Crippen LogP contribution in [0.15, 0.2) is 16.6 Å². The Morgan fingerprint density at radius 3 is 2.00 bits per heavy atom. The average molecular weight is 241 g/mol. The van der Waals surface area contributed by atoms with Crippen molar-refractivity contribution in [1.29, 1.82) is 0 Å². The number of hydrogen-bond acceptors (Lipinski definition) is 1. The molecule has 0 radical (unpaired) electrons. The van der Waals surface area contributed by atoms with E-state index in [4.69, 9.17) is 4.74 Å². The fraction of sp³-hybridized carbons (Fsp3) is 0.333. The summed E-state index contributed by atoms with van der Waals surface area (Å²) in [4.78, 5) is 0. The van der Waals surface area contributed by atoms with Crippen molar-refractivity contribution >= 4 is 39.0 Å². The number of benzene rings is 1. The van der Waals surface area contributed by atoms with E-state index in [-0.39, 0.29) is 25.9 Å². The Balaban J connectivity index is -0.000000403. The molecule has 12 heavy (non-hydrogen) atoms. The van der Waals surface area contributed by atoms with Gasteiger partial charge in [-0.15, -0.1) is 0 Å². The van der Waals surface area contributed by atoms with Gasteiger partial charge in [-0.1, -0.05) is 15.9 Å². The maximum Gasteiger partial charge on any atom is 2.00 e. The van der Waals surface area contributed by atoms with Gasteiger partial charge in [-0.25, -0.2) is 0 Å². The molecule has 0 unspecified atom stereocenters. The van der Waals surface area contributed by atoms with Gasteiger partial charge >= 0.3 is 23.1 Å². The van der Waals surface area contributed by atoms with Crippen LogP contribution in [-0.4, -0.2) is 30.2 Å². The predicted octanol–water partition coefficient (Wildman–Crippen LogP) is 2.92. The number of methoxy groups -OCH3 is 1. The summed E-state index contributed by atoms with van der Waals surface area (Å²) >= 11 is 3.42. The van der Waals surface area contributed by atoms with Crippen molar-refractivity contribution < 1.29 is 7.59 Å². The van der Waals surface area contributed by atoms with E-state index in [0.717, 1.165) is 10.2 Å². The zero-order chi connectivity index (χ0) is 8.43. The van der Waals surface area contributed by atoms with Crippen LogP contribution in [0.25, 0.3) is 0 Å². The zero-order valence-corrected chi connectivity index (χ0v) is 10.6. The molecule has 0 amide bonds. The molecular formula is C9H13BrMgO. The second kappa shape index (κ2) is 5.09. The van der Waals surface area contributed by atoms with Crippen LogP contribution in [0.4, 0.5) is 0 Å². The topological polar surface area (TPSA) is 9.23 Å². The molecule has 0 saturated heterocycles. The van der Waals surface area contributed by atoms with Gasteiger partial charge in [0.25, 0.3) is 0 Å². The SMILES string of the molecule is COc1c(C)cc(Br)cc1C.[H-].[H-].[Mg+2]. The van der Waals surface area contributed by atoms with Gasteiger partial charge in [0.15, 0.2) is 0 Å².